The molecule has 3 rings (SSSR count). The fourth-order valence-electron chi connectivity index (χ4n) is 2.27. The van der Waals surface area contributed by atoms with Gasteiger partial charge in [0.15, 0.2) is 0 Å². The highest BCUT2D eigenvalue weighted by molar-refractivity contribution is 5.91. The van der Waals surface area contributed by atoms with Crippen molar-refractivity contribution < 1.29 is 4.79 Å². The summed E-state index contributed by atoms with van der Waals surface area (Å²) in [6.07, 6.45) is 5.96. The van der Waals surface area contributed by atoms with E-state index in [1.54, 1.807) is 12.4 Å². The Morgan fingerprint density at radius 3 is 2.17 bits per heavy atom. The molecule has 5 nitrogen and oxygen atoms in total. The Hall–Kier alpha value is -3.21. The Balaban J connectivity index is 1.51. The van der Waals surface area contributed by atoms with Gasteiger partial charge in [-0.3, -0.25) is 4.79 Å². The number of hydrogen-bond acceptors (Lipinski definition) is 4. The first-order chi connectivity index (χ1) is 11.8. The molecule has 1 heterocycles. The van der Waals surface area contributed by atoms with Crippen LogP contribution in [0.3, 0.4) is 0 Å². The molecule has 1 aromatic heterocycles. The number of carbonyl (C=O) groups excluding carboxylic acids is 1. The van der Waals surface area contributed by atoms with Crippen molar-refractivity contribution in [1.82, 2.24) is 9.97 Å². The lowest BCUT2D eigenvalue weighted by molar-refractivity contribution is -0.116. The van der Waals surface area contributed by atoms with Crippen LogP contribution in [-0.2, 0) is 11.2 Å². The van der Waals surface area contributed by atoms with Crippen molar-refractivity contribution in [3.8, 4) is 0 Å². The van der Waals surface area contributed by atoms with Gasteiger partial charge in [0, 0.05) is 35.9 Å². The topological polar surface area (TPSA) is 66.9 Å². The standard InChI is InChI=1S/C19H18N4O/c24-19(11-6-15-12-20-14-21-13-15)23-18-9-7-17(8-10-18)22-16-4-2-1-3-5-16/h1-5,7-10,12-14,22H,6,11H2,(H,23,24). The Bertz CT molecular complexity index is 773. The minimum Gasteiger partial charge on any atom is -0.356 e. The average Bonchev–Trinajstić information content (AvgIpc) is 2.63. The monoisotopic (exact) mass is 318 g/mol. The van der Waals surface area contributed by atoms with Crippen molar-refractivity contribution in [3.63, 3.8) is 0 Å². The van der Waals surface area contributed by atoms with Crippen LogP contribution in [0.25, 0.3) is 0 Å². The first kappa shape index (κ1) is 15.7. The van der Waals surface area contributed by atoms with Crippen LogP contribution < -0.4 is 10.6 Å². The van der Waals surface area contributed by atoms with Gasteiger partial charge < -0.3 is 10.6 Å². The molecule has 0 aliphatic carbocycles. The summed E-state index contributed by atoms with van der Waals surface area (Å²) < 4.78 is 0. The van der Waals surface area contributed by atoms with E-state index < -0.39 is 0 Å². The summed E-state index contributed by atoms with van der Waals surface area (Å²) >= 11 is 0. The normalized spacial score (nSPS) is 10.2. The Kier molecular flexibility index (Phi) is 5.14. The first-order valence-corrected chi connectivity index (χ1v) is 7.75. The molecule has 5 heteroatoms. The minimum atomic E-state index is -0.0254. The minimum absolute atomic E-state index is 0.0254. The number of hydrogen-bond donors (Lipinski definition) is 2. The molecule has 0 radical (unpaired) electrons. The summed E-state index contributed by atoms with van der Waals surface area (Å²) in [6.45, 7) is 0. The van der Waals surface area contributed by atoms with Crippen LogP contribution >= 0.6 is 0 Å². The number of benzene rings is 2. The zero-order valence-corrected chi connectivity index (χ0v) is 13.1. The molecule has 2 aromatic carbocycles. The van der Waals surface area contributed by atoms with Crippen molar-refractivity contribution in [2.24, 2.45) is 0 Å². The van der Waals surface area contributed by atoms with Crippen molar-refractivity contribution in [1.29, 1.82) is 0 Å². The number of amides is 1. The molecular weight excluding hydrogens is 300 g/mol. The van der Waals surface area contributed by atoms with Crippen molar-refractivity contribution >= 4 is 23.0 Å². The fraction of sp³-hybridized carbons (Fsp3) is 0.105. The van der Waals surface area contributed by atoms with Crippen LogP contribution in [-0.4, -0.2) is 15.9 Å². The molecule has 0 saturated heterocycles. The predicted octanol–water partition coefficient (Wildman–Crippen LogP) is 3.79. The van der Waals surface area contributed by atoms with E-state index in [2.05, 4.69) is 20.6 Å². The van der Waals surface area contributed by atoms with Gasteiger partial charge in [0.25, 0.3) is 0 Å². The van der Waals surface area contributed by atoms with E-state index in [-0.39, 0.29) is 5.91 Å². The van der Waals surface area contributed by atoms with Crippen LogP contribution in [0.2, 0.25) is 0 Å². The molecule has 0 saturated carbocycles. The van der Waals surface area contributed by atoms with Crippen LogP contribution in [0.15, 0.2) is 73.3 Å². The number of aryl methyl sites for hydroxylation is 1. The summed E-state index contributed by atoms with van der Waals surface area (Å²) in [5, 5.41) is 6.20. The third-order valence-electron chi connectivity index (χ3n) is 3.49. The third-order valence-corrected chi connectivity index (χ3v) is 3.49. The van der Waals surface area contributed by atoms with Gasteiger partial charge in [-0.2, -0.15) is 0 Å². The Morgan fingerprint density at radius 2 is 1.46 bits per heavy atom. The zero-order valence-electron chi connectivity index (χ0n) is 13.1. The number of nitrogens with one attached hydrogen (secondary N) is 2. The highest BCUT2D eigenvalue weighted by Crippen LogP contribution is 2.18. The molecule has 3 aromatic rings. The molecule has 2 N–H and O–H groups in total. The first-order valence-electron chi connectivity index (χ1n) is 7.75. The van der Waals surface area contributed by atoms with E-state index in [0.717, 1.165) is 22.6 Å². The van der Waals surface area contributed by atoms with Gasteiger partial charge in [-0.05, 0) is 48.4 Å². The maximum absolute atomic E-state index is 12.0. The number of anilines is 3. The number of aromatic nitrogens is 2. The molecule has 0 aliphatic rings. The molecule has 24 heavy (non-hydrogen) atoms. The van der Waals surface area contributed by atoms with Gasteiger partial charge >= 0.3 is 0 Å². The molecule has 0 unspecified atom stereocenters. The van der Waals surface area contributed by atoms with E-state index >= 15 is 0 Å². The maximum Gasteiger partial charge on any atom is 0.224 e. The highest BCUT2D eigenvalue weighted by Gasteiger charge is 2.04. The SMILES string of the molecule is O=C(CCc1cncnc1)Nc1ccc(Nc2ccccc2)cc1. The molecule has 120 valence electrons. The van der Waals surface area contributed by atoms with Crippen LogP contribution in [0.4, 0.5) is 17.1 Å². The maximum atomic E-state index is 12.0. The zero-order chi connectivity index (χ0) is 16.6. The van der Waals surface area contributed by atoms with Gasteiger partial charge in [-0.1, -0.05) is 18.2 Å². The van der Waals surface area contributed by atoms with Crippen molar-refractivity contribution in [3.05, 3.63) is 78.9 Å². The quantitative estimate of drug-likeness (QED) is 0.725. The van der Waals surface area contributed by atoms with E-state index in [1.807, 2.05) is 54.6 Å². The smallest absolute Gasteiger partial charge is 0.224 e. The van der Waals surface area contributed by atoms with Gasteiger partial charge in [-0.15, -0.1) is 0 Å². The molecule has 0 atom stereocenters. The third kappa shape index (κ3) is 4.64. The van der Waals surface area contributed by atoms with Gasteiger partial charge in [-0.25, -0.2) is 9.97 Å². The molecule has 1 amide bonds. The van der Waals surface area contributed by atoms with Crippen molar-refractivity contribution in [2.45, 2.75) is 12.8 Å². The molecule has 0 fully saturated rings. The summed E-state index contributed by atoms with van der Waals surface area (Å²) in [4.78, 5) is 19.9. The largest absolute Gasteiger partial charge is 0.356 e. The molecule has 0 aliphatic heterocycles. The van der Waals surface area contributed by atoms with E-state index in [0.29, 0.717) is 12.8 Å². The Morgan fingerprint density at radius 1 is 0.833 bits per heavy atom. The van der Waals surface area contributed by atoms with Crippen molar-refractivity contribution in [2.75, 3.05) is 10.6 Å². The molecule has 0 bridgehead atoms. The highest BCUT2D eigenvalue weighted by atomic mass is 16.1. The second-order valence-electron chi connectivity index (χ2n) is 5.36. The van der Waals surface area contributed by atoms with E-state index in [4.69, 9.17) is 0 Å². The van der Waals surface area contributed by atoms with Crippen LogP contribution in [0.1, 0.15) is 12.0 Å². The summed E-state index contributed by atoms with van der Waals surface area (Å²) in [7, 11) is 0. The van der Waals surface area contributed by atoms with Gasteiger partial charge in [0.2, 0.25) is 5.91 Å². The van der Waals surface area contributed by atoms with E-state index in [9.17, 15) is 4.79 Å². The number of rotatable bonds is 6. The van der Waals surface area contributed by atoms with E-state index in [1.165, 1.54) is 6.33 Å². The Labute approximate surface area is 140 Å². The van der Waals surface area contributed by atoms with Gasteiger partial charge in [0.05, 0.1) is 0 Å². The molecule has 0 spiro atoms. The lowest BCUT2D eigenvalue weighted by Gasteiger charge is -2.08. The lowest BCUT2D eigenvalue weighted by atomic mass is 10.2. The predicted molar refractivity (Wildman–Crippen MR) is 95.1 cm³/mol. The van der Waals surface area contributed by atoms with Gasteiger partial charge in [0.1, 0.15) is 6.33 Å². The number of carbonyl (C=O) groups is 1. The molecular formula is C19H18N4O. The number of para-hydroxylation sites is 1. The summed E-state index contributed by atoms with van der Waals surface area (Å²) in [5.74, 6) is -0.0254. The second kappa shape index (κ2) is 7.87. The summed E-state index contributed by atoms with van der Waals surface area (Å²) in [6, 6.07) is 17.6. The summed E-state index contributed by atoms with van der Waals surface area (Å²) in [5.41, 5.74) is 3.73. The van der Waals surface area contributed by atoms with Crippen LogP contribution in [0, 0.1) is 0 Å². The number of nitrogens with zero attached hydrogens (tertiary/aromatic N) is 2. The average molecular weight is 318 g/mol. The second-order valence-corrected chi connectivity index (χ2v) is 5.36. The van der Waals surface area contributed by atoms with Crippen LogP contribution in [0.5, 0.6) is 0 Å². The fourth-order valence-corrected chi connectivity index (χ4v) is 2.27. The lowest BCUT2D eigenvalue weighted by Crippen LogP contribution is -2.12.